The number of nitrogens with one attached hydrogen (secondary N) is 1. The van der Waals surface area contributed by atoms with Crippen LogP contribution in [-0.4, -0.2) is 18.4 Å². The fourth-order valence-corrected chi connectivity index (χ4v) is 4.47. The molecule has 2 aromatic rings. The molecular formula is C10H8Br2N4O2S. The number of aromatic nitrogens is 2. The molecule has 0 amide bonds. The van der Waals surface area contributed by atoms with Gasteiger partial charge in [0.2, 0.25) is 0 Å². The zero-order chi connectivity index (χ0) is 14.0. The SMILES string of the molecule is Nc1cc(Br)cc(Br)c1S(=O)(=O)Nc1cnccn1. The van der Waals surface area contributed by atoms with Crippen LogP contribution in [0.25, 0.3) is 0 Å². The summed E-state index contributed by atoms with van der Waals surface area (Å²) in [6.45, 7) is 0. The van der Waals surface area contributed by atoms with Crippen LogP contribution in [0.1, 0.15) is 0 Å². The van der Waals surface area contributed by atoms with Crippen molar-refractivity contribution in [2.45, 2.75) is 4.90 Å². The van der Waals surface area contributed by atoms with Gasteiger partial charge in [0.15, 0.2) is 5.82 Å². The third kappa shape index (κ3) is 3.23. The van der Waals surface area contributed by atoms with Gasteiger partial charge in [-0.2, -0.15) is 0 Å². The number of sulfonamides is 1. The fraction of sp³-hybridized carbons (Fsp3) is 0. The van der Waals surface area contributed by atoms with Crippen LogP contribution in [-0.2, 0) is 10.0 Å². The Morgan fingerprint density at radius 1 is 1.21 bits per heavy atom. The van der Waals surface area contributed by atoms with Gasteiger partial charge >= 0.3 is 0 Å². The highest BCUT2D eigenvalue weighted by Crippen LogP contribution is 2.32. The van der Waals surface area contributed by atoms with Crippen molar-refractivity contribution in [2.24, 2.45) is 0 Å². The summed E-state index contributed by atoms with van der Waals surface area (Å²) >= 11 is 6.42. The smallest absolute Gasteiger partial charge is 0.266 e. The van der Waals surface area contributed by atoms with Gasteiger partial charge in [-0.05, 0) is 28.1 Å². The van der Waals surface area contributed by atoms with Gasteiger partial charge in [0.1, 0.15) is 4.90 Å². The molecule has 0 spiro atoms. The number of hydrogen-bond acceptors (Lipinski definition) is 5. The van der Waals surface area contributed by atoms with Gasteiger partial charge in [0.05, 0.1) is 11.9 Å². The van der Waals surface area contributed by atoms with Crippen LogP contribution in [0.5, 0.6) is 0 Å². The van der Waals surface area contributed by atoms with Crippen molar-refractivity contribution in [3.63, 3.8) is 0 Å². The molecule has 0 atom stereocenters. The lowest BCUT2D eigenvalue weighted by molar-refractivity contribution is 0.601. The van der Waals surface area contributed by atoms with E-state index in [0.717, 1.165) is 0 Å². The zero-order valence-corrected chi connectivity index (χ0v) is 13.3. The maximum atomic E-state index is 12.3. The maximum absolute atomic E-state index is 12.3. The predicted octanol–water partition coefficient (Wildman–Crippen LogP) is 2.38. The van der Waals surface area contributed by atoms with E-state index in [1.54, 1.807) is 6.07 Å². The van der Waals surface area contributed by atoms with Crippen LogP contribution < -0.4 is 10.5 Å². The Balaban J connectivity index is 2.46. The van der Waals surface area contributed by atoms with E-state index in [1.807, 2.05) is 0 Å². The highest BCUT2D eigenvalue weighted by molar-refractivity contribution is 9.11. The summed E-state index contributed by atoms with van der Waals surface area (Å²) in [7, 11) is -3.84. The molecule has 0 saturated carbocycles. The normalized spacial score (nSPS) is 11.3. The number of hydrogen-bond donors (Lipinski definition) is 2. The summed E-state index contributed by atoms with van der Waals surface area (Å²) < 4.78 is 27.8. The van der Waals surface area contributed by atoms with Gasteiger partial charge < -0.3 is 5.73 Å². The molecule has 19 heavy (non-hydrogen) atoms. The minimum atomic E-state index is -3.84. The number of nitrogen functional groups attached to an aromatic ring is 1. The van der Waals surface area contributed by atoms with E-state index in [9.17, 15) is 8.42 Å². The standard InChI is InChI=1S/C10H8Br2N4O2S/c11-6-3-7(12)10(8(13)4-6)19(17,18)16-9-5-14-1-2-15-9/h1-5H,13H2,(H,15,16). The molecule has 9 heteroatoms. The lowest BCUT2D eigenvalue weighted by Crippen LogP contribution is -2.16. The first-order chi connectivity index (χ1) is 8.90. The molecule has 0 radical (unpaired) electrons. The Morgan fingerprint density at radius 3 is 2.53 bits per heavy atom. The van der Waals surface area contributed by atoms with Crippen LogP contribution in [0.2, 0.25) is 0 Å². The van der Waals surface area contributed by atoms with E-state index in [2.05, 4.69) is 46.5 Å². The van der Waals surface area contributed by atoms with E-state index in [-0.39, 0.29) is 16.4 Å². The van der Waals surface area contributed by atoms with Gasteiger partial charge in [0.25, 0.3) is 10.0 Å². The first-order valence-corrected chi connectivity index (χ1v) is 8.00. The molecule has 6 nitrogen and oxygen atoms in total. The van der Waals surface area contributed by atoms with Crippen molar-refractivity contribution in [1.82, 2.24) is 9.97 Å². The van der Waals surface area contributed by atoms with Gasteiger partial charge in [-0.15, -0.1) is 0 Å². The van der Waals surface area contributed by atoms with E-state index < -0.39 is 10.0 Å². The summed E-state index contributed by atoms with van der Waals surface area (Å²) in [5.74, 6) is 0.122. The summed E-state index contributed by atoms with van der Waals surface area (Å²) in [4.78, 5) is 7.59. The van der Waals surface area contributed by atoms with E-state index in [1.165, 1.54) is 24.7 Å². The number of anilines is 2. The minimum absolute atomic E-state index is 0.0404. The van der Waals surface area contributed by atoms with Gasteiger partial charge in [-0.25, -0.2) is 13.4 Å². The summed E-state index contributed by atoms with van der Waals surface area (Å²) in [5.41, 5.74) is 5.87. The number of benzene rings is 1. The van der Waals surface area contributed by atoms with Crippen LogP contribution in [0.3, 0.4) is 0 Å². The number of rotatable bonds is 3. The molecule has 1 heterocycles. The van der Waals surface area contributed by atoms with E-state index in [0.29, 0.717) is 8.95 Å². The monoisotopic (exact) mass is 406 g/mol. The molecule has 1 aromatic heterocycles. The largest absolute Gasteiger partial charge is 0.398 e. The second kappa shape index (κ2) is 5.43. The third-order valence-electron chi connectivity index (χ3n) is 2.11. The lowest BCUT2D eigenvalue weighted by Gasteiger charge is -2.11. The summed E-state index contributed by atoms with van der Waals surface area (Å²) in [6.07, 6.45) is 4.14. The Labute approximate surface area is 126 Å². The second-order valence-corrected chi connectivity index (χ2v) is 6.89. The van der Waals surface area contributed by atoms with Gasteiger partial charge in [-0.1, -0.05) is 15.9 Å². The predicted molar refractivity (Wildman–Crippen MR) is 79.1 cm³/mol. The molecule has 0 bridgehead atoms. The molecule has 1 aromatic carbocycles. The average Bonchev–Trinajstić information content (AvgIpc) is 2.27. The Morgan fingerprint density at radius 2 is 1.95 bits per heavy atom. The Bertz CT molecular complexity index is 684. The average molecular weight is 408 g/mol. The molecule has 0 aliphatic rings. The number of nitrogens with zero attached hydrogens (tertiary/aromatic N) is 2. The van der Waals surface area contributed by atoms with Crippen molar-refractivity contribution in [2.75, 3.05) is 10.5 Å². The number of nitrogens with two attached hydrogens (primary N) is 1. The van der Waals surface area contributed by atoms with Crippen molar-refractivity contribution < 1.29 is 8.42 Å². The van der Waals surface area contributed by atoms with Crippen LogP contribution in [0.4, 0.5) is 11.5 Å². The Kier molecular flexibility index (Phi) is 4.07. The van der Waals surface area contributed by atoms with Crippen molar-refractivity contribution in [3.05, 3.63) is 39.7 Å². The quantitative estimate of drug-likeness (QED) is 0.761. The summed E-state index contributed by atoms with van der Waals surface area (Å²) in [5, 5.41) is 0. The lowest BCUT2D eigenvalue weighted by atomic mass is 10.3. The topological polar surface area (TPSA) is 98.0 Å². The highest BCUT2D eigenvalue weighted by Gasteiger charge is 2.22. The Hall–Kier alpha value is -1.19. The van der Waals surface area contributed by atoms with Crippen LogP contribution in [0.15, 0.2) is 44.6 Å². The highest BCUT2D eigenvalue weighted by atomic mass is 79.9. The molecule has 0 fully saturated rings. The molecular weight excluding hydrogens is 400 g/mol. The van der Waals surface area contributed by atoms with Gasteiger partial charge in [0, 0.05) is 21.3 Å². The zero-order valence-electron chi connectivity index (χ0n) is 9.34. The fourth-order valence-electron chi connectivity index (χ4n) is 1.40. The van der Waals surface area contributed by atoms with Crippen molar-refractivity contribution >= 4 is 53.4 Å². The molecule has 3 N–H and O–H groups in total. The molecule has 0 saturated heterocycles. The first kappa shape index (κ1) is 14.2. The molecule has 0 aliphatic carbocycles. The van der Waals surface area contributed by atoms with E-state index in [4.69, 9.17) is 5.73 Å². The molecule has 2 rings (SSSR count). The first-order valence-electron chi connectivity index (χ1n) is 4.93. The number of halogens is 2. The maximum Gasteiger partial charge on any atom is 0.266 e. The van der Waals surface area contributed by atoms with Crippen LogP contribution >= 0.6 is 31.9 Å². The minimum Gasteiger partial charge on any atom is -0.398 e. The van der Waals surface area contributed by atoms with Crippen LogP contribution in [0, 0.1) is 0 Å². The summed E-state index contributed by atoms with van der Waals surface area (Å²) in [6, 6.07) is 3.11. The molecule has 0 unspecified atom stereocenters. The van der Waals surface area contributed by atoms with Gasteiger partial charge in [-0.3, -0.25) is 9.71 Å². The molecule has 0 aliphatic heterocycles. The van der Waals surface area contributed by atoms with E-state index >= 15 is 0 Å². The van der Waals surface area contributed by atoms with Crippen molar-refractivity contribution in [3.8, 4) is 0 Å². The molecule has 100 valence electrons. The van der Waals surface area contributed by atoms with Crippen molar-refractivity contribution in [1.29, 1.82) is 0 Å². The second-order valence-electron chi connectivity index (χ2n) is 3.50. The third-order valence-corrected chi connectivity index (χ3v) is 4.92.